The first-order chi connectivity index (χ1) is 10.1. The van der Waals surface area contributed by atoms with Crippen molar-refractivity contribution in [3.8, 4) is 0 Å². The molecule has 0 aliphatic rings. The van der Waals surface area contributed by atoms with Gasteiger partial charge in [-0.25, -0.2) is 4.79 Å². The first-order valence-electron chi connectivity index (χ1n) is 8.38. The van der Waals surface area contributed by atoms with Crippen LogP contribution in [0.4, 0.5) is 0 Å². The standard InChI is InChI=1S/C16H32NO3P/c1-2-3-4-5-6-7-8-9-10-11-12-13-15(18)21(20)16(19)14-17/h19H,2-14,17H2,1H3. The maximum atomic E-state index is 11.5. The fourth-order valence-corrected chi connectivity index (χ4v) is 3.08. The summed E-state index contributed by atoms with van der Waals surface area (Å²) in [5.74, 6) is 0. The minimum absolute atomic E-state index is 0.195. The molecule has 21 heavy (non-hydrogen) atoms. The van der Waals surface area contributed by atoms with Gasteiger partial charge in [0.15, 0.2) is 7.77 Å². The molecule has 0 bridgehead atoms. The van der Waals surface area contributed by atoms with Crippen molar-refractivity contribution in [2.45, 2.75) is 84.0 Å². The molecule has 0 aromatic carbocycles. The molecule has 0 rings (SSSR count). The third-order valence-corrected chi connectivity index (χ3v) is 4.97. The highest BCUT2D eigenvalue weighted by atomic mass is 31.1. The molecule has 0 amide bonds. The molecule has 0 saturated heterocycles. The molecule has 4 nitrogen and oxygen atoms in total. The molecular weight excluding hydrogens is 285 g/mol. The topological polar surface area (TPSA) is 86.4 Å². The predicted octanol–water partition coefficient (Wildman–Crippen LogP) is 3.43. The van der Waals surface area contributed by atoms with Crippen molar-refractivity contribution >= 4 is 18.8 Å². The number of aliphatic hydroxyl groups excluding tert-OH is 1. The summed E-state index contributed by atoms with van der Waals surface area (Å²) >= 11 is 0. The third-order valence-electron chi connectivity index (χ3n) is 3.64. The Balaban J connectivity index is 3.39. The summed E-state index contributed by atoms with van der Waals surface area (Å²) in [6.07, 6.45) is 13.7. The molecule has 0 spiro atoms. The van der Waals surface area contributed by atoms with Crippen LogP contribution in [-0.2, 0) is 4.79 Å². The van der Waals surface area contributed by atoms with Crippen molar-refractivity contribution in [2.75, 3.05) is 6.54 Å². The normalized spacial score (nSPS) is 12.4. The fourth-order valence-electron chi connectivity index (χ4n) is 2.27. The van der Waals surface area contributed by atoms with Gasteiger partial charge in [0.2, 0.25) is 5.48 Å². The van der Waals surface area contributed by atoms with Crippen molar-refractivity contribution in [3.05, 3.63) is 0 Å². The van der Waals surface area contributed by atoms with Crippen LogP contribution >= 0.6 is 7.77 Å². The van der Waals surface area contributed by atoms with Crippen molar-refractivity contribution in [1.29, 1.82) is 0 Å². The van der Waals surface area contributed by atoms with E-state index in [0.29, 0.717) is 0 Å². The van der Waals surface area contributed by atoms with E-state index < -0.39 is 7.77 Å². The molecular formula is C16H32NO3P. The monoisotopic (exact) mass is 317 g/mol. The summed E-state index contributed by atoms with van der Waals surface area (Å²) in [6, 6.07) is 0. The number of hydrogen-bond acceptors (Lipinski definition) is 3. The quantitative estimate of drug-likeness (QED) is 0.379. The van der Waals surface area contributed by atoms with Gasteiger partial charge in [-0.1, -0.05) is 71.1 Å². The van der Waals surface area contributed by atoms with Gasteiger partial charge in [0.1, 0.15) is 0 Å². The molecule has 124 valence electrons. The molecule has 0 aromatic rings. The predicted molar refractivity (Wildman–Crippen MR) is 89.0 cm³/mol. The summed E-state index contributed by atoms with van der Waals surface area (Å²) in [5, 5.41) is 9.16. The van der Waals surface area contributed by atoms with Crippen molar-refractivity contribution in [3.63, 3.8) is 0 Å². The number of nitrogens with two attached hydrogens (primary N) is 1. The Hall–Kier alpha value is -0.280. The van der Waals surface area contributed by atoms with Crippen LogP contribution < -0.4 is 10.6 Å². The van der Waals surface area contributed by atoms with Crippen LogP contribution in [0.3, 0.4) is 0 Å². The maximum absolute atomic E-state index is 11.5. The Bertz CT molecular complexity index is 306. The highest BCUT2D eigenvalue weighted by Gasteiger charge is 2.16. The van der Waals surface area contributed by atoms with Gasteiger partial charge in [0, 0.05) is 0 Å². The number of rotatable bonds is 14. The van der Waals surface area contributed by atoms with Gasteiger partial charge >= 0.3 is 5.52 Å². The van der Waals surface area contributed by atoms with Crippen LogP contribution in [0.5, 0.6) is 0 Å². The zero-order valence-corrected chi connectivity index (χ0v) is 14.4. The average molecular weight is 317 g/mol. The van der Waals surface area contributed by atoms with Crippen molar-refractivity contribution < 1.29 is 14.8 Å². The van der Waals surface area contributed by atoms with E-state index in [9.17, 15) is 9.69 Å². The second-order valence-electron chi connectivity index (χ2n) is 5.59. The van der Waals surface area contributed by atoms with E-state index in [1.165, 1.54) is 51.4 Å². The molecule has 0 aromatic heterocycles. The van der Waals surface area contributed by atoms with Gasteiger partial charge in [-0.3, -0.25) is 0 Å². The van der Waals surface area contributed by atoms with Gasteiger partial charge in [0.05, 0.1) is 13.0 Å². The van der Waals surface area contributed by atoms with Gasteiger partial charge in [-0.05, 0) is 6.42 Å². The van der Waals surface area contributed by atoms with E-state index in [-0.39, 0.29) is 24.0 Å². The molecule has 5 heteroatoms. The van der Waals surface area contributed by atoms with Crippen molar-refractivity contribution in [2.24, 2.45) is 5.73 Å². The first-order valence-corrected chi connectivity index (χ1v) is 9.64. The second kappa shape index (κ2) is 14.6. The fraction of sp³-hybridized carbons (Fsp3) is 0.875. The Labute approximate surface area is 130 Å². The van der Waals surface area contributed by atoms with Crippen molar-refractivity contribution in [1.82, 2.24) is 0 Å². The van der Waals surface area contributed by atoms with Crippen LogP contribution in [0.25, 0.3) is 0 Å². The lowest BCUT2D eigenvalue weighted by molar-refractivity contribution is -0.159. The molecule has 0 heterocycles. The minimum Gasteiger partial charge on any atom is -0.622 e. The lowest BCUT2D eigenvalue weighted by Crippen LogP contribution is -2.17. The van der Waals surface area contributed by atoms with Gasteiger partial charge in [0.25, 0.3) is 0 Å². The van der Waals surface area contributed by atoms with Gasteiger partial charge in [-0.15, -0.1) is 0 Å². The van der Waals surface area contributed by atoms with Crippen LogP contribution in [0, 0.1) is 0 Å². The molecule has 0 aliphatic carbocycles. The van der Waals surface area contributed by atoms with Crippen LogP contribution in [0.15, 0.2) is 0 Å². The number of aliphatic hydroxyl groups is 1. The Morgan fingerprint density at radius 2 is 1.38 bits per heavy atom. The number of carbonyl (C=O) groups excluding carboxylic acids is 1. The third kappa shape index (κ3) is 12.0. The number of carbonyl (C=O) groups is 1. The molecule has 0 saturated carbocycles. The van der Waals surface area contributed by atoms with Gasteiger partial charge in [-0.2, -0.15) is 0 Å². The van der Waals surface area contributed by atoms with E-state index in [0.717, 1.165) is 19.3 Å². The van der Waals surface area contributed by atoms with E-state index in [2.05, 4.69) is 6.92 Å². The highest BCUT2D eigenvalue weighted by Crippen LogP contribution is 2.19. The Kier molecular flexibility index (Phi) is 14.5. The van der Waals surface area contributed by atoms with Crippen LogP contribution in [0.2, 0.25) is 0 Å². The number of hydrogen-bond donors (Lipinski definition) is 2. The summed E-state index contributed by atoms with van der Waals surface area (Å²) in [4.78, 5) is 22.9. The molecule has 3 N–H and O–H groups in total. The zero-order chi connectivity index (χ0) is 15.9. The van der Waals surface area contributed by atoms with E-state index in [4.69, 9.17) is 10.8 Å². The van der Waals surface area contributed by atoms with Crippen LogP contribution in [0.1, 0.15) is 84.0 Å². The SMILES string of the molecule is CCCCCCCCCCCCCC(=O)/[P+]([O-])=C(\O)CN. The molecule has 1 atom stereocenters. The summed E-state index contributed by atoms with van der Waals surface area (Å²) in [5.41, 5.74) is 4.40. The molecule has 0 aliphatic heterocycles. The lowest BCUT2D eigenvalue weighted by Gasteiger charge is -2.02. The maximum Gasteiger partial charge on any atom is 0.321 e. The zero-order valence-electron chi connectivity index (χ0n) is 13.5. The second-order valence-corrected chi connectivity index (χ2v) is 7.20. The average Bonchev–Trinajstić information content (AvgIpc) is 2.50. The smallest absolute Gasteiger partial charge is 0.321 e. The Morgan fingerprint density at radius 3 is 1.81 bits per heavy atom. The Morgan fingerprint density at radius 1 is 0.952 bits per heavy atom. The van der Waals surface area contributed by atoms with Gasteiger partial charge < -0.3 is 15.7 Å². The minimum atomic E-state index is -2.28. The van der Waals surface area contributed by atoms with E-state index >= 15 is 0 Å². The molecule has 0 radical (unpaired) electrons. The summed E-state index contributed by atoms with van der Waals surface area (Å²) < 4.78 is 0. The largest absolute Gasteiger partial charge is 0.622 e. The van der Waals surface area contributed by atoms with Crippen LogP contribution in [-0.4, -0.2) is 22.7 Å². The van der Waals surface area contributed by atoms with E-state index in [1.54, 1.807) is 0 Å². The lowest BCUT2D eigenvalue weighted by atomic mass is 10.1. The molecule has 0 fully saturated rings. The number of unbranched alkanes of at least 4 members (excludes halogenated alkanes) is 10. The molecule has 1 unspecified atom stereocenters. The first kappa shape index (κ1) is 20.7. The highest BCUT2D eigenvalue weighted by molar-refractivity contribution is 7.68. The van der Waals surface area contributed by atoms with E-state index in [1.807, 2.05) is 0 Å². The summed E-state index contributed by atoms with van der Waals surface area (Å²) in [6.45, 7) is 2.04. The summed E-state index contributed by atoms with van der Waals surface area (Å²) in [7, 11) is -2.28.